The summed E-state index contributed by atoms with van der Waals surface area (Å²) in [4.78, 5) is 0. The molecule has 0 aliphatic heterocycles. The molecular weight excluding hydrogens is 330 g/mol. The summed E-state index contributed by atoms with van der Waals surface area (Å²) in [5.41, 5.74) is -1.11. The zero-order valence-corrected chi connectivity index (χ0v) is 11.8. The summed E-state index contributed by atoms with van der Waals surface area (Å²) < 4.78 is 103. The van der Waals surface area contributed by atoms with Crippen LogP contribution in [-0.2, 0) is 14.7 Å². The lowest BCUT2D eigenvalue weighted by Crippen LogP contribution is -2.17. The Hall–Kier alpha value is -1.15. The summed E-state index contributed by atoms with van der Waals surface area (Å²) in [7, 11) is -7.99. The first-order valence-electron chi connectivity index (χ1n) is 4.83. The number of hydrogen-bond donors (Lipinski definition) is 0. The maximum Gasteiger partial charge on any atom is 0.316 e. The summed E-state index contributed by atoms with van der Waals surface area (Å²) in [6.45, 7) is 2.10. The Morgan fingerprint density at radius 2 is 1.25 bits per heavy atom. The van der Waals surface area contributed by atoms with Gasteiger partial charge in [0.2, 0.25) is 34.8 Å². The van der Waals surface area contributed by atoms with E-state index in [1.54, 1.807) is 0 Å². The van der Waals surface area contributed by atoms with Gasteiger partial charge in [-0.3, -0.25) is 0 Å². The van der Waals surface area contributed by atoms with Crippen molar-refractivity contribution in [2.75, 3.05) is 18.8 Å². The van der Waals surface area contributed by atoms with E-state index in [0.29, 0.717) is 0 Å². The van der Waals surface area contributed by atoms with E-state index < -0.39 is 57.6 Å². The number of halogens is 5. The van der Waals surface area contributed by atoms with E-state index in [2.05, 4.69) is 4.18 Å². The lowest BCUT2D eigenvalue weighted by Gasteiger charge is -2.11. The average molecular weight is 338 g/mol. The molecule has 0 fully saturated rings. The van der Waals surface area contributed by atoms with E-state index in [4.69, 9.17) is 0 Å². The van der Waals surface area contributed by atoms with Crippen LogP contribution in [0.5, 0.6) is 5.75 Å². The van der Waals surface area contributed by atoms with Crippen LogP contribution < -0.4 is 4.18 Å². The maximum atomic E-state index is 13.2. The third kappa shape index (κ3) is 3.69. The third-order valence-electron chi connectivity index (χ3n) is 1.85. The van der Waals surface area contributed by atoms with Crippen LogP contribution in [0.15, 0.2) is 0 Å². The van der Waals surface area contributed by atoms with Gasteiger partial charge in [0.15, 0.2) is 0 Å². The maximum absolute atomic E-state index is 13.2. The monoisotopic (exact) mass is 338 g/mol. The van der Waals surface area contributed by atoms with Crippen LogP contribution in [0.25, 0.3) is 0 Å². The van der Waals surface area contributed by atoms with Crippen molar-refractivity contribution < 1.29 is 39.1 Å². The van der Waals surface area contributed by atoms with E-state index in [9.17, 15) is 34.9 Å². The minimum absolute atomic E-state index is 1.05. The van der Waals surface area contributed by atoms with Crippen LogP contribution in [0.3, 0.4) is 0 Å². The Kier molecular flexibility index (Phi) is 4.50. The Morgan fingerprint density at radius 3 is 1.60 bits per heavy atom. The molecule has 0 aliphatic rings. The van der Waals surface area contributed by atoms with Crippen molar-refractivity contribution in [2.24, 2.45) is 0 Å². The molecule has 4 nitrogen and oxygen atoms in total. The number of rotatable bonds is 4. The Morgan fingerprint density at radius 1 is 0.900 bits per heavy atom. The highest BCUT2D eigenvalue weighted by atomic mass is 32.2. The van der Waals surface area contributed by atoms with Crippen LogP contribution >= 0.6 is 7.14 Å². The van der Waals surface area contributed by atoms with Crippen molar-refractivity contribution in [3.05, 3.63) is 29.1 Å². The summed E-state index contributed by atoms with van der Waals surface area (Å²) in [5, 5.41) is 0. The predicted octanol–water partition coefficient (Wildman–Crippen LogP) is 2.67. The van der Waals surface area contributed by atoms with Gasteiger partial charge in [0, 0.05) is 0 Å². The van der Waals surface area contributed by atoms with Crippen LogP contribution in [0.2, 0.25) is 0 Å². The molecule has 1 aromatic rings. The van der Waals surface area contributed by atoms with Crippen molar-refractivity contribution in [3.8, 4) is 5.75 Å². The Balaban J connectivity index is 3.34. The molecular formula is C9H8F5O4PS. The quantitative estimate of drug-likeness (QED) is 0.278. The van der Waals surface area contributed by atoms with Gasteiger partial charge >= 0.3 is 10.1 Å². The number of hydrogen-bond acceptors (Lipinski definition) is 4. The van der Waals surface area contributed by atoms with Crippen molar-refractivity contribution in [3.63, 3.8) is 0 Å². The lowest BCUT2D eigenvalue weighted by molar-refractivity contribution is 0.347. The largest absolute Gasteiger partial charge is 0.376 e. The minimum atomic E-state index is -4.78. The molecule has 0 spiro atoms. The molecule has 0 unspecified atom stereocenters. The molecule has 20 heavy (non-hydrogen) atoms. The topological polar surface area (TPSA) is 60.4 Å². The molecule has 0 heterocycles. The summed E-state index contributed by atoms with van der Waals surface area (Å²) in [6.07, 6.45) is 0. The molecule has 0 atom stereocenters. The van der Waals surface area contributed by atoms with E-state index in [1.165, 1.54) is 0 Å². The van der Waals surface area contributed by atoms with Crippen molar-refractivity contribution in [2.45, 2.75) is 0 Å². The van der Waals surface area contributed by atoms with Gasteiger partial charge in [-0.1, -0.05) is 0 Å². The van der Waals surface area contributed by atoms with Gasteiger partial charge in [0.25, 0.3) is 0 Å². The van der Waals surface area contributed by atoms with E-state index in [-0.39, 0.29) is 0 Å². The standard InChI is InChI=1S/C9H8F5O4PS/c1-19(2,15)3-20(16,17)18-9-7(13)5(11)4(10)6(12)8(9)14/h3H2,1-2H3. The first kappa shape index (κ1) is 16.9. The summed E-state index contributed by atoms with van der Waals surface area (Å²) in [5.74, 6) is -13.9. The van der Waals surface area contributed by atoms with Gasteiger partial charge in [0.1, 0.15) is 5.49 Å². The SMILES string of the molecule is CP(C)(=O)CS(=O)(=O)Oc1c(F)c(F)c(F)c(F)c1F. The molecule has 0 aromatic heterocycles. The Labute approximate surface area is 111 Å². The zero-order valence-electron chi connectivity index (χ0n) is 10.1. The van der Waals surface area contributed by atoms with Crippen LogP contribution in [-0.4, -0.2) is 27.2 Å². The van der Waals surface area contributed by atoms with Gasteiger partial charge in [-0.2, -0.15) is 17.2 Å². The normalized spacial score (nSPS) is 12.6. The average Bonchev–Trinajstić information content (AvgIpc) is 2.26. The van der Waals surface area contributed by atoms with Gasteiger partial charge in [-0.05, 0) is 13.3 Å². The molecule has 114 valence electrons. The van der Waals surface area contributed by atoms with Crippen molar-refractivity contribution in [1.82, 2.24) is 0 Å². The van der Waals surface area contributed by atoms with Gasteiger partial charge in [0.05, 0.1) is 7.14 Å². The molecule has 0 bridgehead atoms. The van der Waals surface area contributed by atoms with Crippen LogP contribution in [0.4, 0.5) is 22.0 Å². The molecule has 1 rings (SSSR count). The van der Waals surface area contributed by atoms with Gasteiger partial charge in [-0.15, -0.1) is 0 Å². The highest BCUT2D eigenvalue weighted by molar-refractivity contribution is 7.95. The fraction of sp³-hybridized carbons (Fsp3) is 0.333. The fourth-order valence-corrected chi connectivity index (χ4v) is 4.85. The molecule has 0 N–H and O–H groups in total. The van der Waals surface area contributed by atoms with Gasteiger partial charge in [-0.25, -0.2) is 13.2 Å². The zero-order chi connectivity index (χ0) is 15.9. The van der Waals surface area contributed by atoms with E-state index in [1.807, 2.05) is 0 Å². The highest BCUT2D eigenvalue weighted by Gasteiger charge is 2.31. The summed E-state index contributed by atoms with van der Waals surface area (Å²) >= 11 is 0. The molecule has 0 saturated carbocycles. The molecule has 0 amide bonds. The second-order valence-corrected chi connectivity index (χ2v) is 9.71. The van der Waals surface area contributed by atoms with E-state index >= 15 is 0 Å². The second kappa shape index (κ2) is 5.33. The first-order valence-corrected chi connectivity index (χ1v) is 9.19. The van der Waals surface area contributed by atoms with Gasteiger partial charge < -0.3 is 8.75 Å². The third-order valence-corrected chi connectivity index (χ3v) is 6.02. The fourth-order valence-electron chi connectivity index (χ4n) is 1.19. The minimum Gasteiger partial charge on any atom is -0.376 e. The summed E-state index contributed by atoms with van der Waals surface area (Å²) in [6, 6.07) is 0. The molecule has 0 saturated heterocycles. The molecule has 0 aliphatic carbocycles. The smallest absolute Gasteiger partial charge is 0.316 e. The number of benzene rings is 1. The first-order chi connectivity index (χ1) is 8.86. The molecule has 0 radical (unpaired) electrons. The van der Waals surface area contributed by atoms with E-state index in [0.717, 1.165) is 13.3 Å². The van der Waals surface area contributed by atoms with Crippen molar-refractivity contribution in [1.29, 1.82) is 0 Å². The molecule has 1 aromatic carbocycles. The van der Waals surface area contributed by atoms with Crippen molar-refractivity contribution >= 4 is 17.3 Å². The highest BCUT2D eigenvalue weighted by Crippen LogP contribution is 2.39. The predicted molar refractivity (Wildman–Crippen MR) is 60.1 cm³/mol. The Bertz CT molecular complexity index is 668. The van der Waals surface area contributed by atoms with Crippen LogP contribution in [0.1, 0.15) is 0 Å². The second-order valence-electron chi connectivity index (χ2n) is 4.24. The molecule has 11 heteroatoms. The lowest BCUT2D eigenvalue weighted by atomic mass is 10.3. The van der Waals surface area contributed by atoms with Crippen LogP contribution in [0, 0.1) is 29.1 Å².